The van der Waals surface area contributed by atoms with Crippen LogP contribution < -0.4 is 10.5 Å². The van der Waals surface area contributed by atoms with Crippen LogP contribution in [0.3, 0.4) is 0 Å². The number of aryl methyl sites for hydroxylation is 1. The Morgan fingerprint density at radius 3 is 2.53 bits per heavy atom. The minimum Gasteiger partial charge on any atom is -0.494 e. The Morgan fingerprint density at radius 1 is 1.33 bits per heavy atom. The maximum absolute atomic E-state index is 7.05. The molecular weight excluding hydrogens is 188 g/mol. The van der Waals surface area contributed by atoms with Crippen molar-refractivity contribution in [3.8, 4) is 5.75 Å². The Bertz CT molecular complexity index is 306. The Hall–Kier alpha value is -1.51. The topological polar surface area (TPSA) is 59.1 Å². The highest BCUT2D eigenvalue weighted by Gasteiger charge is 1.95. The second kappa shape index (κ2) is 6.06. The molecule has 0 atom stereocenters. The normalized spacial score (nSPS) is 9.93. The number of hydrogen-bond acceptors (Lipinski definition) is 2. The number of ether oxygens (including phenoxy) is 1. The molecule has 82 valence electrons. The highest BCUT2D eigenvalue weighted by molar-refractivity contribution is 5.76. The highest BCUT2D eigenvalue weighted by Crippen LogP contribution is 2.12. The van der Waals surface area contributed by atoms with Crippen LogP contribution in [-0.4, -0.2) is 12.4 Å². The lowest BCUT2D eigenvalue weighted by Crippen LogP contribution is -2.10. The van der Waals surface area contributed by atoms with E-state index in [1.54, 1.807) is 0 Å². The summed E-state index contributed by atoms with van der Waals surface area (Å²) in [4.78, 5) is 0. The van der Waals surface area contributed by atoms with Crippen LogP contribution in [0.4, 0.5) is 0 Å². The molecule has 0 aliphatic carbocycles. The van der Waals surface area contributed by atoms with Crippen LogP contribution in [0.2, 0.25) is 0 Å². The summed E-state index contributed by atoms with van der Waals surface area (Å²) in [6.45, 7) is 2.74. The lowest BCUT2D eigenvalue weighted by atomic mass is 10.2. The molecule has 0 radical (unpaired) electrons. The van der Waals surface area contributed by atoms with Crippen molar-refractivity contribution in [2.24, 2.45) is 5.73 Å². The lowest BCUT2D eigenvalue weighted by Gasteiger charge is -2.06. The largest absolute Gasteiger partial charge is 0.494 e. The van der Waals surface area contributed by atoms with E-state index in [9.17, 15) is 0 Å². The Morgan fingerprint density at radius 2 is 2.00 bits per heavy atom. The maximum Gasteiger partial charge on any atom is 0.119 e. The fraction of sp³-hybridized carbons (Fsp3) is 0.417. The van der Waals surface area contributed by atoms with Gasteiger partial charge < -0.3 is 10.5 Å². The van der Waals surface area contributed by atoms with Crippen molar-refractivity contribution in [3.05, 3.63) is 29.8 Å². The molecule has 1 rings (SSSR count). The maximum atomic E-state index is 7.05. The van der Waals surface area contributed by atoms with Crippen molar-refractivity contribution in [2.75, 3.05) is 6.61 Å². The van der Waals surface area contributed by atoms with Gasteiger partial charge in [0.1, 0.15) is 5.75 Å². The van der Waals surface area contributed by atoms with E-state index in [2.05, 4.69) is 19.1 Å². The van der Waals surface area contributed by atoms with E-state index in [1.807, 2.05) is 12.1 Å². The quantitative estimate of drug-likeness (QED) is 0.426. The molecule has 0 unspecified atom stereocenters. The molecular formula is C12H18N2O. The third kappa shape index (κ3) is 4.49. The van der Waals surface area contributed by atoms with Gasteiger partial charge in [-0.15, -0.1) is 0 Å². The number of nitrogens with two attached hydrogens (primary N) is 1. The minimum absolute atomic E-state index is 0.222. The van der Waals surface area contributed by atoms with E-state index in [0.717, 1.165) is 18.6 Å². The van der Waals surface area contributed by atoms with Gasteiger partial charge >= 0.3 is 0 Å². The van der Waals surface area contributed by atoms with E-state index in [4.69, 9.17) is 15.9 Å². The van der Waals surface area contributed by atoms with Crippen molar-refractivity contribution in [3.63, 3.8) is 0 Å². The van der Waals surface area contributed by atoms with Gasteiger partial charge in [-0.25, -0.2) is 0 Å². The summed E-state index contributed by atoms with van der Waals surface area (Å²) < 4.78 is 5.50. The first-order chi connectivity index (χ1) is 7.22. The summed E-state index contributed by atoms with van der Waals surface area (Å²) in [7, 11) is 0. The van der Waals surface area contributed by atoms with Crippen LogP contribution in [0, 0.1) is 5.41 Å². The molecule has 0 fully saturated rings. The molecule has 0 saturated carbocycles. The zero-order chi connectivity index (χ0) is 11.1. The molecule has 0 bridgehead atoms. The first-order valence-corrected chi connectivity index (χ1v) is 5.27. The van der Waals surface area contributed by atoms with Crippen LogP contribution in [0.25, 0.3) is 0 Å². The molecule has 0 aliphatic heterocycles. The number of nitrogens with one attached hydrogen (secondary N) is 1. The van der Waals surface area contributed by atoms with Crippen molar-refractivity contribution in [2.45, 2.75) is 26.2 Å². The highest BCUT2D eigenvalue weighted by atomic mass is 16.5. The predicted molar refractivity (Wildman–Crippen MR) is 62.5 cm³/mol. The van der Waals surface area contributed by atoms with Gasteiger partial charge in [-0.3, -0.25) is 5.41 Å². The summed E-state index contributed by atoms with van der Waals surface area (Å²) in [6, 6.07) is 8.10. The predicted octanol–water partition coefficient (Wildman–Crippen LogP) is 2.34. The Kier molecular flexibility index (Phi) is 4.68. The number of rotatable bonds is 6. The van der Waals surface area contributed by atoms with E-state index in [0.29, 0.717) is 13.0 Å². The first kappa shape index (κ1) is 11.6. The van der Waals surface area contributed by atoms with Crippen LogP contribution in [0.1, 0.15) is 25.3 Å². The SMILES string of the molecule is CCc1ccc(OCCCC(=N)N)cc1. The van der Waals surface area contributed by atoms with Crippen molar-refractivity contribution >= 4 is 5.84 Å². The van der Waals surface area contributed by atoms with Gasteiger partial charge in [-0.2, -0.15) is 0 Å². The summed E-state index contributed by atoms with van der Waals surface area (Å²) in [5, 5.41) is 7.05. The molecule has 3 heteroatoms. The monoisotopic (exact) mass is 206 g/mol. The molecule has 0 heterocycles. The average molecular weight is 206 g/mol. The fourth-order valence-corrected chi connectivity index (χ4v) is 1.27. The molecule has 1 aromatic carbocycles. The molecule has 0 amide bonds. The van der Waals surface area contributed by atoms with Gasteiger partial charge in [0.15, 0.2) is 0 Å². The summed E-state index contributed by atoms with van der Waals surface area (Å²) in [5.74, 6) is 1.11. The van der Waals surface area contributed by atoms with E-state index in [1.165, 1.54) is 5.56 Å². The van der Waals surface area contributed by atoms with E-state index >= 15 is 0 Å². The van der Waals surface area contributed by atoms with Gasteiger partial charge in [-0.05, 0) is 30.5 Å². The fourth-order valence-electron chi connectivity index (χ4n) is 1.27. The van der Waals surface area contributed by atoms with Crippen LogP contribution >= 0.6 is 0 Å². The molecule has 1 aromatic rings. The third-order valence-corrected chi connectivity index (χ3v) is 2.19. The van der Waals surface area contributed by atoms with Gasteiger partial charge in [-0.1, -0.05) is 19.1 Å². The van der Waals surface area contributed by atoms with Gasteiger partial charge in [0, 0.05) is 6.42 Å². The van der Waals surface area contributed by atoms with Crippen LogP contribution in [0.5, 0.6) is 5.75 Å². The Balaban J connectivity index is 2.28. The summed E-state index contributed by atoms with van der Waals surface area (Å²) in [5.41, 5.74) is 6.55. The second-order valence-electron chi connectivity index (χ2n) is 3.47. The van der Waals surface area contributed by atoms with Gasteiger partial charge in [0.2, 0.25) is 0 Å². The summed E-state index contributed by atoms with van der Waals surface area (Å²) in [6.07, 6.45) is 2.45. The smallest absolute Gasteiger partial charge is 0.119 e. The van der Waals surface area contributed by atoms with Crippen LogP contribution in [0.15, 0.2) is 24.3 Å². The van der Waals surface area contributed by atoms with Gasteiger partial charge in [0.05, 0.1) is 12.4 Å². The Labute approximate surface area is 90.8 Å². The first-order valence-electron chi connectivity index (χ1n) is 5.27. The van der Waals surface area contributed by atoms with Crippen molar-refractivity contribution < 1.29 is 4.74 Å². The number of hydrogen-bond donors (Lipinski definition) is 2. The van der Waals surface area contributed by atoms with Crippen LogP contribution in [-0.2, 0) is 6.42 Å². The number of amidine groups is 1. The second-order valence-corrected chi connectivity index (χ2v) is 3.47. The van der Waals surface area contributed by atoms with Crippen molar-refractivity contribution in [1.29, 1.82) is 5.41 Å². The van der Waals surface area contributed by atoms with E-state index in [-0.39, 0.29) is 5.84 Å². The number of benzene rings is 1. The average Bonchev–Trinajstić information content (AvgIpc) is 2.25. The molecule has 3 nitrogen and oxygen atoms in total. The minimum atomic E-state index is 0.222. The van der Waals surface area contributed by atoms with E-state index < -0.39 is 0 Å². The molecule has 15 heavy (non-hydrogen) atoms. The van der Waals surface area contributed by atoms with Gasteiger partial charge in [0.25, 0.3) is 0 Å². The molecule has 0 spiro atoms. The lowest BCUT2D eigenvalue weighted by molar-refractivity contribution is 0.313. The molecule has 0 saturated heterocycles. The zero-order valence-corrected chi connectivity index (χ0v) is 9.12. The summed E-state index contributed by atoms with van der Waals surface area (Å²) >= 11 is 0. The van der Waals surface area contributed by atoms with Crippen molar-refractivity contribution in [1.82, 2.24) is 0 Å². The molecule has 0 aliphatic rings. The third-order valence-electron chi connectivity index (χ3n) is 2.19. The standard InChI is InChI=1S/C12H18N2O/c1-2-10-5-7-11(8-6-10)15-9-3-4-12(13)14/h5-8H,2-4,9H2,1H3,(H3,13,14). The zero-order valence-electron chi connectivity index (χ0n) is 9.12. The molecule has 0 aromatic heterocycles. The molecule has 3 N–H and O–H groups in total.